The molecule has 1 aromatic carbocycles. The molecule has 36 heavy (non-hydrogen) atoms. The Kier molecular flexibility index (Phi) is 7.56. The minimum absolute atomic E-state index is 0.180. The van der Waals surface area contributed by atoms with Gasteiger partial charge < -0.3 is 4.98 Å². The van der Waals surface area contributed by atoms with Crippen LogP contribution in [0.15, 0.2) is 69.2 Å². The van der Waals surface area contributed by atoms with Crippen LogP contribution in [-0.4, -0.2) is 45.4 Å². The van der Waals surface area contributed by atoms with E-state index in [0.29, 0.717) is 49.2 Å². The molecule has 0 bridgehead atoms. The Morgan fingerprint density at radius 3 is 2.31 bits per heavy atom. The fourth-order valence-electron chi connectivity index (χ4n) is 4.23. The molecule has 0 aliphatic rings. The highest BCUT2D eigenvalue weighted by Crippen LogP contribution is 2.25. The second-order valence-corrected chi connectivity index (χ2v) is 10.8. The Balaban J connectivity index is 1.64. The van der Waals surface area contributed by atoms with Gasteiger partial charge in [-0.1, -0.05) is 32.0 Å². The summed E-state index contributed by atoms with van der Waals surface area (Å²) in [5, 5.41) is 0. The van der Waals surface area contributed by atoms with Crippen LogP contribution in [0.2, 0.25) is 0 Å². The maximum absolute atomic E-state index is 13.1. The highest BCUT2D eigenvalue weighted by atomic mass is 32.2. The van der Waals surface area contributed by atoms with E-state index in [9.17, 15) is 18.0 Å². The molecule has 4 rings (SSSR count). The van der Waals surface area contributed by atoms with Crippen molar-refractivity contribution >= 4 is 21.1 Å². The van der Waals surface area contributed by atoms with Crippen LogP contribution in [0.3, 0.4) is 0 Å². The first kappa shape index (κ1) is 25.6. The number of hydrogen-bond donors (Lipinski definition) is 1. The fourth-order valence-corrected chi connectivity index (χ4v) is 5.40. The lowest BCUT2D eigenvalue weighted by molar-refractivity contribution is 0.471. The lowest BCUT2D eigenvalue weighted by atomic mass is 10.1. The van der Waals surface area contributed by atoms with Crippen molar-refractivity contribution in [3.05, 3.63) is 81.3 Å². The van der Waals surface area contributed by atoms with Crippen molar-refractivity contribution in [2.45, 2.75) is 51.1 Å². The van der Waals surface area contributed by atoms with E-state index < -0.39 is 10.0 Å². The first-order chi connectivity index (χ1) is 17.3. The molecule has 0 radical (unpaired) electrons. The van der Waals surface area contributed by atoms with Crippen LogP contribution in [0.5, 0.6) is 0 Å². The Bertz CT molecular complexity index is 1570. The fraction of sp³-hybridized carbons (Fsp3) is 0.346. The van der Waals surface area contributed by atoms with Gasteiger partial charge in [0.05, 0.1) is 10.4 Å². The van der Waals surface area contributed by atoms with E-state index in [-0.39, 0.29) is 16.1 Å². The summed E-state index contributed by atoms with van der Waals surface area (Å²) in [7, 11) is -2.12. The summed E-state index contributed by atoms with van der Waals surface area (Å²) < 4.78 is 30.3. The first-order valence-corrected chi connectivity index (χ1v) is 13.5. The zero-order chi connectivity index (χ0) is 25.9. The molecule has 0 saturated heterocycles. The molecule has 0 fully saturated rings. The van der Waals surface area contributed by atoms with Crippen LogP contribution in [0, 0.1) is 0 Å². The maximum atomic E-state index is 13.1. The largest absolute Gasteiger partial charge is 0.349 e. The smallest absolute Gasteiger partial charge is 0.331 e. The van der Waals surface area contributed by atoms with Gasteiger partial charge in [0.15, 0.2) is 0 Å². The van der Waals surface area contributed by atoms with E-state index in [0.717, 1.165) is 17.7 Å². The van der Waals surface area contributed by atoms with Gasteiger partial charge >= 0.3 is 5.69 Å². The zero-order valence-corrected chi connectivity index (χ0v) is 21.6. The third kappa shape index (κ3) is 4.91. The standard InChI is InChI=1S/C26H31N5O4S/c1-4-15-30-23-18-22(28-24(23)25(32)31(16-5-2)26(30)33)19-9-11-21(12-10-19)36(34,35)29(3)17-13-20-8-6-7-14-27-20/h6-12,14,18,28H,4-5,13,15-17H2,1-3H3. The van der Waals surface area contributed by atoms with Gasteiger partial charge in [-0.25, -0.2) is 17.5 Å². The van der Waals surface area contributed by atoms with Gasteiger partial charge in [0.2, 0.25) is 10.0 Å². The van der Waals surface area contributed by atoms with E-state index in [4.69, 9.17) is 0 Å². The summed E-state index contributed by atoms with van der Waals surface area (Å²) in [5.41, 5.74) is 2.47. The van der Waals surface area contributed by atoms with Crippen molar-refractivity contribution in [1.29, 1.82) is 0 Å². The molecule has 0 unspecified atom stereocenters. The van der Waals surface area contributed by atoms with Gasteiger partial charge in [-0.05, 0) is 48.7 Å². The second-order valence-electron chi connectivity index (χ2n) is 8.76. The van der Waals surface area contributed by atoms with Crippen LogP contribution in [0.1, 0.15) is 32.4 Å². The highest BCUT2D eigenvalue weighted by Gasteiger charge is 2.21. The first-order valence-electron chi connectivity index (χ1n) is 12.1. The van der Waals surface area contributed by atoms with Crippen molar-refractivity contribution in [2.75, 3.05) is 13.6 Å². The summed E-state index contributed by atoms with van der Waals surface area (Å²) in [6.45, 7) is 5.06. The molecular formula is C26H31N5O4S. The molecule has 3 aromatic heterocycles. The second kappa shape index (κ2) is 10.6. The summed E-state index contributed by atoms with van der Waals surface area (Å²) in [4.78, 5) is 33.5. The molecule has 10 heteroatoms. The van der Waals surface area contributed by atoms with Crippen LogP contribution in [0.25, 0.3) is 22.3 Å². The molecule has 9 nitrogen and oxygen atoms in total. The molecule has 3 heterocycles. The van der Waals surface area contributed by atoms with Gasteiger partial charge in [0, 0.05) is 50.7 Å². The van der Waals surface area contributed by atoms with Gasteiger partial charge in [-0.3, -0.25) is 18.9 Å². The van der Waals surface area contributed by atoms with Crippen molar-refractivity contribution in [1.82, 2.24) is 23.4 Å². The number of aryl methyl sites for hydroxylation is 1. The number of rotatable bonds is 10. The Morgan fingerprint density at radius 1 is 0.972 bits per heavy atom. The molecule has 0 atom stereocenters. The normalized spacial score (nSPS) is 12.0. The number of hydrogen-bond acceptors (Lipinski definition) is 5. The number of likely N-dealkylation sites (N-methyl/N-ethyl adjacent to an activating group) is 1. The summed E-state index contributed by atoms with van der Waals surface area (Å²) in [6, 6.07) is 13.9. The van der Waals surface area contributed by atoms with E-state index in [1.54, 1.807) is 48.1 Å². The Hall–Kier alpha value is -3.50. The predicted molar refractivity (Wildman–Crippen MR) is 141 cm³/mol. The number of aromatic amines is 1. The van der Waals surface area contributed by atoms with Crippen LogP contribution >= 0.6 is 0 Å². The van der Waals surface area contributed by atoms with E-state index in [1.807, 2.05) is 32.0 Å². The molecule has 4 aromatic rings. The lowest BCUT2D eigenvalue weighted by Crippen LogP contribution is -2.39. The van der Waals surface area contributed by atoms with Crippen molar-refractivity contribution in [2.24, 2.45) is 0 Å². The Labute approximate surface area is 210 Å². The monoisotopic (exact) mass is 509 g/mol. The van der Waals surface area contributed by atoms with E-state index in [2.05, 4.69) is 9.97 Å². The van der Waals surface area contributed by atoms with Crippen molar-refractivity contribution in [3.8, 4) is 11.3 Å². The highest BCUT2D eigenvalue weighted by molar-refractivity contribution is 7.89. The van der Waals surface area contributed by atoms with Crippen LogP contribution in [0.4, 0.5) is 0 Å². The topological polar surface area (TPSA) is 110 Å². The summed E-state index contributed by atoms with van der Waals surface area (Å²) in [6.07, 6.45) is 3.62. The molecule has 0 aliphatic heterocycles. The van der Waals surface area contributed by atoms with E-state index in [1.165, 1.54) is 8.87 Å². The zero-order valence-electron chi connectivity index (χ0n) is 20.8. The van der Waals surface area contributed by atoms with Gasteiger partial charge in [-0.2, -0.15) is 0 Å². The number of H-pyrrole nitrogens is 1. The third-order valence-corrected chi connectivity index (χ3v) is 8.06. The number of pyridine rings is 1. The molecule has 0 saturated carbocycles. The van der Waals surface area contributed by atoms with Gasteiger partial charge in [0.1, 0.15) is 5.52 Å². The molecule has 0 aliphatic carbocycles. The Morgan fingerprint density at radius 2 is 1.67 bits per heavy atom. The molecule has 190 valence electrons. The van der Waals surface area contributed by atoms with Crippen LogP contribution in [-0.2, 0) is 29.5 Å². The third-order valence-electron chi connectivity index (χ3n) is 6.19. The number of nitrogens with zero attached hydrogens (tertiary/aromatic N) is 4. The number of sulfonamides is 1. The van der Waals surface area contributed by atoms with Crippen molar-refractivity contribution in [3.63, 3.8) is 0 Å². The minimum atomic E-state index is -3.67. The molecule has 0 amide bonds. The lowest BCUT2D eigenvalue weighted by Gasteiger charge is -2.17. The number of nitrogens with one attached hydrogen (secondary N) is 1. The molecule has 1 N–H and O–H groups in total. The van der Waals surface area contributed by atoms with Crippen LogP contribution < -0.4 is 11.2 Å². The quantitative estimate of drug-likeness (QED) is 0.353. The average molecular weight is 510 g/mol. The molecule has 0 spiro atoms. The minimum Gasteiger partial charge on any atom is -0.349 e. The van der Waals surface area contributed by atoms with Gasteiger partial charge in [-0.15, -0.1) is 0 Å². The van der Waals surface area contributed by atoms with Crippen molar-refractivity contribution < 1.29 is 8.42 Å². The average Bonchev–Trinajstić information content (AvgIpc) is 3.34. The van der Waals surface area contributed by atoms with Gasteiger partial charge in [0.25, 0.3) is 5.56 Å². The predicted octanol–water partition coefficient (Wildman–Crippen LogP) is 3.24. The maximum Gasteiger partial charge on any atom is 0.331 e. The summed E-state index contributed by atoms with van der Waals surface area (Å²) in [5.74, 6) is 0. The molecular weight excluding hydrogens is 478 g/mol. The summed E-state index contributed by atoms with van der Waals surface area (Å²) >= 11 is 0. The SMILES string of the molecule is CCCn1c(=O)c2[nH]c(-c3ccc(S(=O)(=O)N(C)CCc4ccccn4)cc3)cc2n(CCC)c1=O. The number of aromatic nitrogens is 4. The van der Waals surface area contributed by atoms with E-state index >= 15 is 0 Å². The number of benzene rings is 1. The number of fused-ring (bicyclic) bond motifs is 1.